The molecule has 1 N–H and O–H groups in total. The number of hydrogen-bond donors (Lipinski definition) is 1. The van der Waals surface area contributed by atoms with Gasteiger partial charge in [-0.3, -0.25) is 9.69 Å². The number of rotatable bonds is 12. The minimum atomic E-state index is -0.143. The maximum atomic E-state index is 13.2. The predicted molar refractivity (Wildman–Crippen MR) is 154 cm³/mol. The Morgan fingerprint density at radius 2 is 1.70 bits per heavy atom. The Labute approximate surface area is 233 Å². The Morgan fingerprint density at radius 3 is 2.48 bits per heavy atom. The molecule has 9 heteroatoms. The quantitative estimate of drug-likeness (QED) is 0.241. The van der Waals surface area contributed by atoms with Gasteiger partial charge in [-0.25, -0.2) is 4.68 Å². The zero-order valence-corrected chi connectivity index (χ0v) is 23.1. The molecule has 0 saturated heterocycles. The first-order valence-corrected chi connectivity index (χ1v) is 13.5. The molecule has 2 aromatic heterocycles. The SMILES string of the molecule is CCC(c1nnnn1CCc1ccccc1)N(Cc1ccccc1OC)Cc1cc2cc(OC)ccc2[nH]c1=O. The molecule has 0 amide bonds. The van der Waals surface area contributed by atoms with Gasteiger partial charge in [-0.15, -0.1) is 5.10 Å². The van der Waals surface area contributed by atoms with Crippen molar-refractivity contribution in [2.75, 3.05) is 14.2 Å². The standard InChI is InChI=1S/C31H34N6O3/c1-4-28(30-33-34-35-37(30)17-16-22-10-6-5-7-11-22)36(20-23-12-8-9-13-29(23)40-3)21-25-18-24-19-26(39-2)14-15-27(24)32-31(25)38/h5-15,18-19,28H,4,16-17,20-21H2,1-3H3,(H,32,38). The third kappa shape index (κ3) is 6.05. The van der Waals surface area contributed by atoms with Gasteiger partial charge in [-0.2, -0.15) is 0 Å². The third-order valence-electron chi connectivity index (χ3n) is 7.21. The molecule has 1 unspecified atom stereocenters. The molecule has 0 radical (unpaired) electrons. The molecule has 0 aliphatic heterocycles. The van der Waals surface area contributed by atoms with Crippen molar-refractivity contribution in [3.05, 3.63) is 112 Å². The van der Waals surface area contributed by atoms with Gasteiger partial charge in [0.2, 0.25) is 0 Å². The van der Waals surface area contributed by atoms with E-state index in [2.05, 4.69) is 44.5 Å². The summed E-state index contributed by atoms with van der Waals surface area (Å²) in [6.45, 7) is 3.71. The molecule has 5 rings (SSSR count). The van der Waals surface area contributed by atoms with Crippen LogP contribution in [-0.2, 0) is 26.1 Å². The number of para-hydroxylation sites is 1. The summed E-state index contributed by atoms with van der Waals surface area (Å²) in [7, 11) is 3.31. The van der Waals surface area contributed by atoms with Crippen molar-refractivity contribution >= 4 is 10.9 Å². The van der Waals surface area contributed by atoms with Gasteiger partial charge in [-0.05, 0) is 59.2 Å². The summed E-state index contributed by atoms with van der Waals surface area (Å²) in [5.74, 6) is 2.30. The highest BCUT2D eigenvalue weighted by atomic mass is 16.5. The van der Waals surface area contributed by atoms with E-state index in [4.69, 9.17) is 9.47 Å². The fourth-order valence-corrected chi connectivity index (χ4v) is 5.12. The zero-order chi connectivity index (χ0) is 27.9. The third-order valence-corrected chi connectivity index (χ3v) is 7.21. The van der Waals surface area contributed by atoms with Gasteiger partial charge in [0.15, 0.2) is 5.82 Å². The molecule has 206 valence electrons. The van der Waals surface area contributed by atoms with Crippen LogP contribution in [0.15, 0.2) is 83.7 Å². The first-order chi connectivity index (χ1) is 19.6. The number of H-pyrrole nitrogens is 1. The molecule has 1 atom stereocenters. The van der Waals surface area contributed by atoms with Gasteiger partial charge in [0.25, 0.3) is 5.56 Å². The molecule has 3 aromatic carbocycles. The number of pyridine rings is 1. The van der Waals surface area contributed by atoms with E-state index in [-0.39, 0.29) is 11.6 Å². The lowest BCUT2D eigenvalue weighted by Crippen LogP contribution is -2.32. The van der Waals surface area contributed by atoms with E-state index in [1.54, 1.807) is 14.2 Å². The maximum absolute atomic E-state index is 13.2. The number of tetrazole rings is 1. The summed E-state index contributed by atoms with van der Waals surface area (Å²) < 4.78 is 13.0. The molecule has 0 fully saturated rings. The summed E-state index contributed by atoms with van der Waals surface area (Å²) in [6, 6.07) is 25.7. The van der Waals surface area contributed by atoms with Gasteiger partial charge in [0.05, 0.1) is 20.3 Å². The normalized spacial score (nSPS) is 12.1. The number of benzene rings is 3. The van der Waals surface area contributed by atoms with Crippen LogP contribution in [0.5, 0.6) is 11.5 Å². The number of nitrogens with zero attached hydrogens (tertiary/aromatic N) is 5. The number of hydrogen-bond acceptors (Lipinski definition) is 7. The number of nitrogens with one attached hydrogen (secondary N) is 1. The molecule has 9 nitrogen and oxygen atoms in total. The Kier molecular flexibility index (Phi) is 8.51. The molecule has 2 heterocycles. The number of aromatic nitrogens is 5. The van der Waals surface area contributed by atoms with Crippen molar-refractivity contribution in [2.24, 2.45) is 0 Å². The Morgan fingerprint density at radius 1 is 0.925 bits per heavy atom. The first-order valence-electron chi connectivity index (χ1n) is 13.5. The topological polar surface area (TPSA) is 98.2 Å². The smallest absolute Gasteiger partial charge is 0.252 e. The van der Waals surface area contributed by atoms with Crippen LogP contribution in [0.3, 0.4) is 0 Å². The van der Waals surface area contributed by atoms with E-state index in [1.165, 1.54) is 5.56 Å². The van der Waals surface area contributed by atoms with E-state index in [0.717, 1.165) is 46.6 Å². The van der Waals surface area contributed by atoms with E-state index in [1.807, 2.05) is 71.4 Å². The molecule has 0 spiro atoms. The summed E-state index contributed by atoms with van der Waals surface area (Å²) >= 11 is 0. The minimum absolute atomic E-state index is 0.124. The second-order valence-corrected chi connectivity index (χ2v) is 9.71. The van der Waals surface area contributed by atoms with Gasteiger partial charge in [-0.1, -0.05) is 55.5 Å². The van der Waals surface area contributed by atoms with Crippen LogP contribution in [0, 0.1) is 0 Å². The number of aromatic amines is 1. The van der Waals surface area contributed by atoms with Crippen LogP contribution in [0.1, 0.15) is 41.9 Å². The zero-order valence-electron chi connectivity index (χ0n) is 23.1. The first kappa shape index (κ1) is 27.1. The van der Waals surface area contributed by atoms with E-state index >= 15 is 0 Å². The van der Waals surface area contributed by atoms with Crippen LogP contribution in [0.2, 0.25) is 0 Å². The Bertz CT molecular complexity index is 1610. The molecule has 0 bridgehead atoms. The molecule has 0 saturated carbocycles. The lowest BCUT2D eigenvalue weighted by Gasteiger charge is -2.30. The summed E-state index contributed by atoms with van der Waals surface area (Å²) in [5, 5.41) is 13.7. The molecule has 0 aliphatic carbocycles. The van der Waals surface area contributed by atoms with Gasteiger partial charge in [0.1, 0.15) is 11.5 Å². The summed E-state index contributed by atoms with van der Waals surface area (Å²) in [4.78, 5) is 18.5. The fraction of sp³-hybridized carbons (Fsp3) is 0.290. The highest BCUT2D eigenvalue weighted by Gasteiger charge is 2.27. The lowest BCUT2D eigenvalue weighted by atomic mass is 10.1. The second kappa shape index (κ2) is 12.6. The highest BCUT2D eigenvalue weighted by molar-refractivity contribution is 5.80. The fourth-order valence-electron chi connectivity index (χ4n) is 5.12. The van der Waals surface area contributed by atoms with Crippen molar-refractivity contribution in [1.82, 2.24) is 30.1 Å². The predicted octanol–water partition coefficient (Wildman–Crippen LogP) is 4.93. The van der Waals surface area contributed by atoms with Crippen molar-refractivity contribution in [3.8, 4) is 11.5 Å². The maximum Gasteiger partial charge on any atom is 0.252 e. The highest BCUT2D eigenvalue weighted by Crippen LogP contribution is 2.29. The van der Waals surface area contributed by atoms with Crippen molar-refractivity contribution in [1.29, 1.82) is 0 Å². The molecule has 40 heavy (non-hydrogen) atoms. The number of aryl methyl sites for hydroxylation is 2. The molecular formula is C31H34N6O3. The van der Waals surface area contributed by atoms with Crippen LogP contribution in [0.25, 0.3) is 10.9 Å². The van der Waals surface area contributed by atoms with Gasteiger partial charge < -0.3 is 14.5 Å². The van der Waals surface area contributed by atoms with Gasteiger partial charge >= 0.3 is 0 Å². The van der Waals surface area contributed by atoms with E-state index in [9.17, 15) is 4.79 Å². The number of ether oxygens (including phenoxy) is 2. The van der Waals surface area contributed by atoms with Crippen molar-refractivity contribution in [2.45, 2.75) is 45.4 Å². The second-order valence-electron chi connectivity index (χ2n) is 9.71. The van der Waals surface area contributed by atoms with Crippen molar-refractivity contribution in [3.63, 3.8) is 0 Å². The largest absolute Gasteiger partial charge is 0.497 e. The average Bonchev–Trinajstić information content (AvgIpc) is 3.45. The lowest BCUT2D eigenvalue weighted by molar-refractivity contribution is 0.159. The van der Waals surface area contributed by atoms with Crippen LogP contribution in [-0.4, -0.2) is 44.3 Å². The van der Waals surface area contributed by atoms with E-state index in [0.29, 0.717) is 25.2 Å². The van der Waals surface area contributed by atoms with Crippen LogP contribution in [0.4, 0.5) is 0 Å². The summed E-state index contributed by atoms with van der Waals surface area (Å²) in [6.07, 6.45) is 1.56. The van der Waals surface area contributed by atoms with Crippen LogP contribution < -0.4 is 15.0 Å². The van der Waals surface area contributed by atoms with E-state index < -0.39 is 0 Å². The van der Waals surface area contributed by atoms with Crippen molar-refractivity contribution < 1.29 is 9.47 Å². The molecule has 5 aromatic rings. The Balaban J connectivity index is 1.51. The summed E-state index contributed by atoms with van der Waals surface area (Å²) in [5.41, 5.74) is 3.54. The Hall–Kier alpha value is -4.50. The van der Waals surface area contributed by atoms with Crippen LogP contribution >= 0.6 is 0 Å². The molecular weight excluding hydrogens is 504 g/mol. The molecule has 0 aliphatic rings. The number of methoxy groups -OCH3 is 2. The average molecular weight is 539 g/mol. The number of fused-ring (bicyclic) bond motifs is 1. The van der Waals surface area contributed by atoms with Gasteiger partial charge in [0, 0.05) is 41.7 Å². The minimum Gasteiger partial charge on any atom is -0.497 e. The monoisotopic (exact) mass is 538 g/mol.